The number of benzene rings is 1. The van der Waals surface area contributed by atoms with Gasteiger partial charge in [0.15, 0.2) is 0 Å². The van der Waals surface area contributed by atoms with Gasteiger partial charge in [-0.3, -0.25) is 9.59 Å². The molecule has 42 heavy (non-hydrogen) atoms. The lowest BCUT2D eigenvalue weighted by Gasteiger charge is -2.50. The van der Waals surface area contributed by atoms with Crippen molar-refractivity contribution < 1.29 is 9.59 Å². The van der Waals surface area contributed by atoms with Crippen LogP contribution in [0.4, 0.5) is 0 Å². The van der Waals surface area contributed by atoms with Crippen LogP contribution in [0.2, 0.25) is 0 Å². The van der Waals surface area contributed by atoms with Crippen LogP contribution in [0, 0.1) is 5.41 Å². The van der Waals surface area contributed by atoms with E-state index in [-0.39, 0.29) is 46.1 Å². The molecule has 3 rings (SSSR count). The number of carbonyl (C=O) groups excluding carboxylic acids is 2. The lowest BCUT2D eigenvalue weighted by atomic mass is 9.78. The van der Waals surface area contributed by atoms with Crippen molar-refractivity contribution in [3.05, 3.63) is 35.9 Å². The van der Waals surface area contributed by atoms with Gasteiger partial charge in [-0.15, -0.1) is 0 Å². The molecule has 6 nitrogen and oxygen atoms in total. The SMILES string of the molecule is CC1(C)CC(N(CCCCCCN(C(=O)C(C)(C)C)C2CC(C)(C)NC(C)(C)C2)C(=O)c2ccccc2)CC(C)(C)N1. The van der Waals surface area contributed by atoms with E-state index in [9.17, 15) is 9.59 Å². The minimum atomic E-state index is -0.395. The van der Waals surface area contributed by atoms with Crippen LogP contribution in [0.15, 0.2) is 30.3 Å². The maximum absolute atomic E-state index is 13.8. The highest BCUT2D eigenvalue weighted by Crippen LogP contribution is 2.35. The molecule has 0 aliphatic carbocycles. The summed E-state index contributed by atoms with van der Waals surface area (Å²) < 4.78 is 0. The molecule has 0 unspecified atom stereocenters. The van der Waals surface area contributed by atoms with Crippen molar-refractivity contribution in [3.8, 4) is 0 Å². The summed E-state index contributed by atoms with van der Waals surface area (Å²) in [7, 11) is 0. The predicted molar refractivity (Wildman–Crippen MR) is 176 cm³/mol. The fourth-order valence-corrected chi connectivity index (χ4v) is 7.97. The Morgan fingerprint density at radius 2 is 1.05 bits per heavy atom. The Bertz CT molecular complexity index is 1020. The number of nitrogens with one attached hydrogen (secondary N) is 2. The molecule has 2 N–H and O–H groups in total. The molecule has 1 aromatic carbocycles. The van der Waals surface area contributed by atoms with Gasteiger partial charge in [0.1, 0.15) is 0 Å². The van der Waals surface area contributed by atoms with Crippen molar-refractivity contribution >= 4 is 11.8 Å². The van der Waals surface area contributed by atoms with E-state index < -0.39 is 5.41 Å². The normalized spacial score (nSPS) is 22.0. The molecule has 6 heteroatoms. The number of hydrogen-bond acceptors (Lipinski definition) is 4. The fourth-order valence-electron chi connectivity index (χ4n) is 7.97. The largest absolute Gasteiger partial charge is 0.339 e. The molecule has 2 aliphatic heterocycles. The molecule has 0 spiro atoms. The Kier molecular flexibility index (Phi) is 10.7. The number of rotatable bonds is 10. The Labute approximate surface area is 257 Å². The van der Waals surface area contributed by atoms with Crippen LogP contribution in [0.1, 0.15) is 138 Å². The Morgan fingerprint density at radius 1 is 0.667 bits per heavy atom. The molecule has 0 radical (unpaired) electrons. The molecule has 2 aliphatic rings. The second kappa shape index (κ2) is 13.0. The van der Waals surface area contributed by atoms with Crippen LogP contribution in [-0.2, 0) is 4.79 Å². The third-order valence-electron chi connectivity index (χ3n) is 8.95. The van der Waals surface area contributed by atoms with Crippen molar-refractivity contribution in [2.75, 3.05) is 13.1 Å². The van der Waals surface area contributed by atoms with Gasteiger partial charge in [0.25, 0.3) is 5.91 Å². The second-order valence-corrected chi connectivity index (χ2v) is 16.9. The number of nitrogens with zero attached hydrogens (tertiary/aromatic N) is 2. The summed E-state index contributed by atoms with van der Waals surface area (Å²) in [6.45, 7) is 25.7. The van der Waals surface area contributed by atoms with Crippen LogP contribution in [0.5, 0.6) is 0 Å². The van der Waals surface area contributed by atoms with E-state index in [4.69, 9.17) is 0 Å². The average molecular weight is 583 g/mol. The van der Waals surface area contributed by atoms with E-state index in [1.807, 2.05) is 51.1 Å². The number of piperidine rings is 2. The first-order chi connectivity index (χ1) is 19.2. The summed E-state index contributed by atoms with van der Waals surface area (Å²) in [5.74, 6) is 0.406. The molecule has 2 saturated heterocycles. The average Bonchev–Trinajstić information content (AvgIpc) is 2.81. The molecule has 2 fully saturated rings. The smallest absolute Gasteiger partial charge is 0.254 e. The standard InChI is InChI=1S/C36H62N4O2/c1-32(2,3)31(42)40(29-25-35(8,9)38-36(10,11)26-29)22-18-13-12-17-21-39(30(41)27-19-15-14-16-20-27)28-23-33(4,5)37-34(6,7)24-28/h14-16,19-20,28-29,37-38H,12-13,17-18,21-26H2,1-11H3. The summed E-state index contributed by atoms with van der Waals surface area (Å²) in [5, 5.41) is 7.55. The lowest BCUT2D eigenvalue weighted by Crippen LogP contribution is -2.63. The van der Waals surface area contributed by atoms with Crippen LogP contribution in [0.3, 0.4) is 0 Å². The molecule has 1 aromatic rings. The van der Waals surface area contributed by atoms with E-state index in [0.29, 0.717) is 0 Å². The summed E-state index contributed by atoms with van der Waals surface area (Å²) >= 11 is 0. The lowest BCUT2D eigenvalue weighted by molar-refractivity contribution is -0.144. The zero-order chi connectivity index (χ0) is 31.6. The van der Waals surface area contributed by atoms with Gasteiger partial charge < -0.3 is 20.4 Å². The van der Waals surface area contributed by atoms with Gasteiger partial charge in [0, 0.05) is 58.3 Å². The van der Waals surface area contributed by atoms with Crippen molar-refractivity contribution in [3.63, 3.8) is 0 Å². The molecular weight excluding hydrogens is 520 g/mol. The van der Waals surface area contributed by atoms with Crippen LogP contribution < -0.4 is 10.6 Å². The topological polar surface area (TPSA) is 64.7 Å². The summed E-state index contributed by atoms with van der Waals surface area (Å²) in [5.41, 5.74) is 0.319. The fraction of sp³-hybridized carbons (Fsp3) is 0.778. The molecule has 0 bridgehead atoms. The highest BCUT2D eigenvalue weighted by molar-refractivity contribution is 5.94. The second-order valence-electron chi connectivity index (χ2n) is 16.9. The van der Waals surface area contributed by atoms with E-state index in [1.54, 1.807) is 0 Å². The Balaban J connectivity index is 1.64. The van der Waals surface area contributed by atoms with Crippen LogP contribution in [-0.4, -0.2) is 68.9 Å². The molecule has 0 atom stereocenters. The molecule has 0 saturated carbocycles. The van der Waals surface area contributed by atoms with Gasteiger partial charge >= 0.3 is 0 Å². The number of unbranched alkanes of at least 4 members (excludes halogenated alkanes) is 3. The van der Waals surface area contributed by atoms with Crippen molar-refractivity contribution in [2.45, 2.75) is 162 Å². The van der Waals surface area contributed by atoms with E-state index in [2.05, 4.69) is 75.8 Å². The van der Waals surface area contributed by atoms with Crippen molar-refractivity contribution in [1.29, 1.82) is 0 Å². The minimum Gasteiger partial charge on any atom is -0.339 e. The van der Waals surface area contributed by atoms with E-state index >= 15 is 0 Å². The van der Waals surface area contributed by atoms with E-state index in [0.717, 1.165) is 70.0 Å². The van der Waals surface area contributed by atoms with Crippen molar-refractivity contribution in [2.24, 2.45) is 5.41 Å². The van der Waals surface area contributed by atoms with Gasteiger partial charge in [-0.25, -0.2) is 0 Å². The third kappa shape index (κ3) is 9.80. The first-order valence-corrected chi connectivity index (χ1v) is 16.5. The predicted octanol–water partition coefficient (Wildman–Crippen LogP) is 7.18. The summed E-state index contributed by atoms with van der Waals surface area (Å²) in [4.78, 5) is 31.8. The third-order valence-corrected chi connectivity index (χ3v) is 8.95. The van der Waals surface area contributed by atoms with Gasteiger partial charge in [0.05, 0.1) is 0 Å². The summed E-state index contributed by atoms with van der Waals surface area (Å²) in [6.07, 6.45) is 7.91. The molecular formula is C36H62N4O2. The zero-order valence-corrected chi connectivity index (χ0v) is 28.8. The van der Waals surface area contributed by atoms with Gasteiger partial charge in [-0.05, 0) is 106 Å². The van der Waals surface area contributed by atoms with Gasteiger partial charge in [0.2, 0.25) is 5.91 Å². The summed E-state index contributed by atoms with van der Waals surface area (Å²) in [6, 6.07) is 10.2. The molecule has 2 heterocycles. The maximum atomic E-state index is 13.8. The first kappa shape index (κ1) is 34.6. The van der Waals surface area contributed by atoms with E-state index in [1.165, 1.54) is 0 Å². The Morgan fingerprint density at radius 3 is 1.45 bits per heavy atom. The van der Waals surface area contributed by atoms with Crippen LogP contribution in [0.25, 0.3) is 0 Å². The van der Waals surface area contributed by atoms with Gasteiger partial charge in [-0.2, -0.15) is 0 Å². The quantitative estimate of drug-likeness (QED) is 0.287. The number of carbonyl (C=O) groups is 2. The van der Waals surface area contributed by atoms with Crippen molar-refractivity contribution in [1.82, 2.24) is 20.4 Å². The number of amides is 2. The molecule has 238 valence electrons. The highest BCUT2D eigenvalue weighted by Gasteiger charge is 2.43. The maximum Gasteiger partial charge on any atom is 0.254 e. The van der Waals surface area contributed by atoms with Gasteiger partial charge in [-0.1, -0.05) is 51.8 Å². The Hall–Kier alpha value is -1.92. The molecule has 0 aromatic heterocycles. The minimum absolute atomic E-state index is 0.00461. The van der Waals surface area contributed by atoms with Crippen LogP contribution >= 0.6 is 0 Å². The highest BCUT2D eigenvalue weighted by atomic mass is 16.2. The molecule has 2 amide bonds. The number of hydrogen-bond donors (Lipinski definition) is 2. The zero-order valence-electron chi connectivity index (χ0n) is 28.8. The first-order valence-electron chi connectivity index (χ1n) is 16.5. The monoisotopic (exact) mass is 582 g/mol.